The monoisotopic (exact) mass is 274 g/mol. The highest BCUT2D eigenvalue weighted by molar-refractivity contribution is 5.90. The maximum Gasteiger partial charge on any atom is 0.225 e. The topological polar surface area (TPSA) is 61.3 Å². The summed E-state index contributed by atoms with van der Waals surface area (Å²) in [5.74, 6) is 1.54. The van der Waals surface area contributed by atoms with Crippen molar-refractivity contribution in [2.45, 2.75) is 26.4 Å². The van der Waals surface area contributed by atoms with Gasteiger partial charge in [0.15, 0.2) is 0 Å². The molecule has 0 radical (unpaired) electrons. The van der Waals surface area contributed by atoms with Gasteiger partial charge in [0.1, 0.15) is 5.82 Å². The molecule has 0 saturated heterocycles. The third-order valence-electron chi connectivity index (χ3n) is 3.16. The third-order valence-corrected chi connectivity index (χ3v) is 3.16. The standard InChI is InChI=1S/C15H22N4O/c1-4-16-15-17-13-8-6-5-7-12(13)14(18-15)19(3)10-9-11(2)20/h5-8,11,20H,4,9-10H2,1-3H3,(H,16,17,18). The van der Waals surface area contributed by atoms with Gasteiger partial charge in [-0.15, -0.1) is 0 Å². The second-order valence-corrected chi connectivity index (χ2v) is 4.98. The lowest BCUT2D eigenvalue weighted by molar-refractivity contribution is 0.187. The first-order chi connectivity index (χ1) is 9.61. The fourth-order valence-electron chi connectivity index (χ4n) is 2.07. The Bertz CT molecular complexity index is 571. The van der Waals surface area contributed by atoms with Crippen molar-refractivity contribution >= 4 is 22.7 Å². The maximum atomic E-state index is 9.43. The van der Waals surface area contributed by atoms with Crippen LogP contribution in [0.25, 0.3) is 10.9 Å². The van der Waals surface area contributed by atoms with E-state index in [0.29, 0.717) is 12.4 Å². The van der Waals surface area contributed by atoms with Crippen molar-refractivity contribution in [2.75, 3.05) is 30.4 Å². The normalized spacial score (nSPS) is 12.4. The molecule has 2 N–H and O–H groups in total. The fourth-order valence-corrected chi connectivity index (χ4v) is 2.07. The molecule has 0 aliphatic carbocycles. The summed E-state index contributed by atoms with van der Waals surface area (Å²) in [4.78, 5) is 11.2. The van der Waals surface area contributed by atoms with Crippen molar-refractivity contribution in [3.63, 3.8) is 0 Å². The summed E-state index contributed by atoms with van der Waals surface area (Å²) in [5, 5.41) is 13.6. The Morgan fingerprint density at radius 2 is 2.05 bits per heavy atom. The zero-order valence-corrected chi connectivity index (χ0v) is 12.3. The number of hydrogen-bond donors (Lipinski definition) is 2. The van der Waals surface area contributed by atoms with Crippen LogP contribution in [0, 0.1) is 0 Å². The van der Waals surface area contributed by atoms with Crippen molar-refractivity contribution in [3.05, 3.63) is 24.3 Å². The van der Waals surface area contributed by atoms with Crippen LogP contribution in [-0.4, -0.2) is 41.3 Å². The SMILES string of the molecule is CCNc1nc(N(C)CCC(C)O)c2ccccc2n1. The van der Waals surface area contributed by atoms with Gasteiger partial charge in [0.2, 0.25) is 5.95 Å². The van der Waals surface area contributed by atoms with E-state index in [2.05, 4.69) is 20.2 Å². The van der Waals surface area contributed by atoms with E-state index in [1.165, 1.54) is 0 Å². The number of benzene rings is 1. The van der Waals surface area contributed by atoms with Gasteiger partial charge in [0, 0.05) is 25.5 Å². The van der Waals surface area contributed by atoms with Gasteiger partial charge in [-0.2, -0.15) is 4.98 Å². The molecule has 2 aromatic rings. The van der Waals surface area contributed by atoms with Gasteiger partial charge in [0.05, 0.1) is 11.6 Å². The second kappa shape index (κ2) is 6.52. The summed E-state index contributed by atoms with van der Waals surface area (Å²) in [5.41, 5.74) is 0.928. The summed E-state index contributed by atoms with van der Waals surface area (Å²) >= 11 is 0. The minimum atomic E-state index is -0.307. The van der Waals surface area contributed by atoms with E-state index in [1.807, 2.05) is 38.2 Å². The Morgan fingerprint density at radius 3 is 2.75 bits per heavy atom. The van der Waals surface area contributed by atoms with E-state index in [0.717, 1.165) is 29.8 Å². The number of para-hydroxylation sites is 1. The zero-order valence-electron chi connectivity index (χ0n) is 12.3. The first kappa shape index (κ1) is 14.5. The highest BCUT2D eigenvalue weighted by Crippen LogP contribution is 2.24. The molecule has 0 spiro atoms. The number of nitrogens with zero attached hydrogens (tertiary/aromatic N) is 3. The van der Waals surface area contributed by atoms with Crippen LogP contribution in [-0.2, 0) is 0 Å². The summed E-state index contributed by atoms with van der Waals surface area (Å²) in [6.45, 7) is 5.37. The molecule has 0 aliphatic rings. The molecule has 5 nitrogen and oxygen atoms in total. The van der Waals surface area contributed by atoms with Crippen molar-refractivity contribution in [1.29, 1.82) is 0 Å². The van der Waals surface area contributed by atoms with Crippen LogP contribution in [0.15, 0.2) is 24.3 Å². The number of rotatable bonds is 6. The molecule has 1 aromatic carbocycles. The summed E-state index contributed by atoms with van der Waals surface area (Å²) in [6.07, 6.45) is 0.407. The number of nitrogens with one attached hydrogen (secondary N) is 1. The molecule has 20 heavy (non-hydrogen) atoms. The second-order valence-electron chi connectivity index (χ2n) is 4.98. The first-order valence-corrected chi connectivity index (χ1v) is 7.01. The lowest BCUT2D eigenvalue weighted by Crippen LogP contribution is -2.23. The molecular formula is C15H22N4O. The highest BCUT2D eigenvalue weighted by atomic mass is 16.3. The predicted octanol–water partition coefficient (Wildman–Crippen LogP) is 2.27. The van der Waals surface area contributed by atoms with Gasteiger partial charge < -0.3 is 15.3 Å². The van der Waals surface area contributed by atoms with Gasteiger partial charge in [-0.25, -0.2) is 4.98 Å². The smallest absolute Gasteiger partial charge is 0.225 e. The Hall–Kier alpha value is -1.88. The summed E-state index contributed by atoms with van der Waals surface area (Å²) in [6, 6.07) is 7.98. The Labute approximate surface area is 119 Å². The van der Waals surface area contributed by atoms with Crippen molar-refractivity contribution in [1.82, 2.24) is 9.97 Å². The van der Waals surface area contributed by atoms with Gasteiger partial charge in [-0.05, 0) is 32.4 Å². The van der Waals surface area contributed by atoms with E-state index in [4.69, 9.17) is 0 Å². The highest BCUT2D eigenvalue weighted by Gasteiger charge is 2.11. The van der Waals surface area contributed by atoms with E-state index in [9.17, 15) is 5.11 Å². The van der Waals surface area contributed by atoms with Crippen LogP contribution in [0.5, 0.6) is 0 Å². The minimum absolute atomic E-state index is 0.307. The Balaban J connectivity index is 2.38. The molecule has 0 aliphatic heterocycles. The van der Waals surface area contributed by atoms with E-state index < -0.39 is 0 Å². The van der Waals surface area contributed by atoms with Crippen LogP contribution in [0.1, 0.15) is 20.3 Å². The van der Waals surface area contributed by atoms with Gasteiger partial charge >= 0.3 is 0 Å². The lowest BCUT2D eigenvalue weighted by atomic mass is 10.2. The third kappa shape index (κ3) is 3.36. The molecule has 1 aromatic heterocycles. The van der Waals surface area contributed by atoms with Crippen LogP contribution in [0.2, 0.25) is 0 Å². The molecule has 2 rings (SSSR count). The van der Waals surface area contributed by atoms with E-state index in [1.54, 1.807) is 6.92 Å². The average molecular weight is 274 g/mol. The summed E-state index contributed by atoms with van der Waals surface area (Å²) < 4.78 is 0. The molecule has 1 heterocycles. The van der Waals surface area contributed by atoms with Crippen molar-refractivity contribution in [3.8, 4) is 0 Å². The molecule has 0 bridgehead atoms. The molecule has 0 amide bonds. The number of hydrogen-bond acceptors (Lipinski definition) is 5. The molecule has 1 unspecified atom stereocenters. The number of anilines is 2. The van der Waals surface area contributed by atoms with Crippen LogP contribution in [0.4, 0.5) is 11.8 Å². The maximum absolute atomic E-state index is 9.43. The fraction of sp³-hybridized carbons (Fsp3) is 0.467. The molecule has 0 saturated carbocycles. The molecule has 108 valence electrons. The molecule has 1 atom stereocenters. The number of aliphatic hydroxyl groups is 1. The largest absolute Gasteiger partial charge is 0.393 e. The van der Waals surface area contributed by atoms with Crippen LogP contribution in [0.3, 0.4) is 0 Å². The summed E-state index contributed by atoms with van der Waals surface area (Å²) in [7, 11) is 1.99. The van der Waals surface area contributed by atoms with Crippen LogP contribution < -0.4 is 10.2 Å². The first-order valence-electron chi connectivity index (χ1n) is 7.01. The lowest BCUT2D eigenvalue weighted by Gasteiger charge is -2.21. The van der Waals surface area contributed by atoms with Gasteiger partial charge in [-0.3, -0.25) is 0 Å². The predicted molar refractivity (Wildman–Crippen MR) is 83.3 cm³/mol. The average Bonchev–Trinajstić information content (AvgIpc) is 2.44. The minimum Gasteiger partial charge on any atom is -0.393 e. The van der Waals surface area contributed by atoms with E-state index >= 15 is 0 Å². The van der Waals surface area contributed by atoms with E-state index in [-0.39, 0.29) is 6.10 Å². The Kier molecular flexibility index (Phi) is 4.74. The quantitative estimate of drug-likeness (QED) is 0.846. The van der Waals surface area contributed by atoms with Gasteiger partial charge in [-0.1, -0.05) is 12.1 Å². The molecular weight excluding hydrogens is 252 g/mol. The number of aromatic nitrogens is 2. The number of fused-ring (bicyclic) bond motifs is 1. The van der Waals surface area contributed by atoms with Gasteiger partial charge in [0.25, 0.3) is 0 Å². The molecule has 0 fully saturated rings. The number of aliphatic hydroxyl groups excluding tert-OH is 1. The van der Waals surface area contributed by atoms with Crippen molar-refractivity contribution < 1.29 is 5.11 Å². The Morgan fingerprint density at radius 1 is 1.30 bits per heavy atom. The van der Waals surface area contributed by atoms with Crippen LogP contribution >= 0.6 is 0 Å². The zero-order chi connectivity index (χ0) is 14.5. The molecule has 5 heteroatoms. The van der Waals surface area contributed by atoms with Crippen molar-refractivity contribution in [2.24, 2.45) is 0 Å².